The van der Waals surface area contributed by atoms with Gasteiger partial charge in [-0.05, 0) is 24.8 Å². The van der Waals surface area contributed by atoms with Crippen LogP contribution >= 0.6 is 0 Å². The molecule has 68 valence electrons. The first-order chi connectivity index (χ1) is 5.61. The molecule has 0 saturated heterocycles. The van der Waals surface area contributed by atoms with Gasteiger partial charge in [0.1, 0.15) is 0 Å². The third-order valence-electron chi connectivity index (χ3n) is 1.83. The first-order valence-corrected chi connectivity index (χ1v) is 4.44. The molecule has 0 radical (unpaired) electrons. The number of hydrogen-bond acceptors (Lipinski definition) is 1. The lowest BCUT2D eigenvalue weighted by molar-refractivity contribution is -0.115. The molecular weight excluding hydrogens is 148 g/mol. The lowest BCUT2D eigenvalue weighted by Crippen LogP contribution is -1.99. The molecule has 0 amide bonds. The van der Waals surface area contributed by atoms with Crippen LogP contribution in [-0.2, 0) is 4.79 Å². The molecule has 0 N–H and O–H groups in total. The van der Waals surface area contributed by atoms with Crippen LogP contribution in [0.2, 0.25) is 0 Å². The summed E-state index contributed by atoms with van der Waals surface area (Å²) in [6.45, 7) is 9.52. The van der Waals surface area contributed by atoms with Crippen molar-refractivity contribution in [3.8, 4) is 0 Å². The van der Waals surface area contributed by atoms with E-state index in [1.165, 1.54) is 0 Å². The minimum Gasteiger partial charge on any atom is -0.295 e. The number of carbonyl (C=O) groups is 1. The van der Waals surface area contributed by atoms with Gasteiger partial charge >= 0.3 is 0 Å². The van der Waals surface area contributed by atoms with Gasteiger partial charge in [0.05, 0.1) is 0 Å². The molecule has 0 spiro atoms. The summed E-state index contributed by atoms with van der Waals surface area (Å²) in [6.07, 6.45) is 5.44. The maximum Gasteiger partial charge on any atom is 0.157 e. The van der Waals surface area contributed by atoms with E-state index >= 15 is 0 Å². The molecule has 0 aromatic rings. The monoisotopic (exact) mass is 166 g/mol. The molecule has 0 fully saturated rings. The number of ketones is 1. The van der Waals surface area contributed by atoms with Crippen LogP contribution in [0.3, 0.4) is 0 Å². The number of allylic oxidation sites excluding steroid dienone is 3. The molecule has 12 heavy (non-hydrogen) atoms. The highest BCUT2D eigenvalue weighted by Crippen LogP contribution is 2.09. The van der Waals surface area contributed by atoms with Crippen LogP contribution in [0.25, 0.3) is 0 Å². The molecule has 1 unspecified atom stereocenters. The van der Waals surface area contributed by atoms with E-state index in [9.17, 15) is 4.79 Å². The molecule has 0 aliphatic carbocycles. The molecule has 0 aromatic carbocycles. The van der Waals surface area contributed by atoms with E-state index in [2.05, 4.69) is 13.5 Å². The highest BCUT2D eigenvalue weighted by molar-refractivity contribution is 5.94. The Balaban J connectivity index is 4.14. The van der Waals surface area contributed by atoms with E-state index in [1.807, 2.05) is 26.0 Å². The summed E-state index contributed by atoms with van der Waals surface area (Å²) in [6, 6.07) is 0. The van der Waals surface area contributed by atoms with Crippen molar-refractivity contribution < 1.29 is 4.79 Å². The predicted octanol–water partition coefficient (Wildman–Crippen LogP) is 3.12. The molecule has 0 aliphatic rings. The third kappa shape index (κ3) is 4.12. The Morgan fingerprint density at radius 1 is 1.58 bits per heavy atom. The quantitative estimate of drug-likeness (QED) is 0.453. The van der Waals surface area contributed by atoms with Crippen LogP contribution < -0.4 is 0 Å². The van der Waals surface area contributed by atoms with Gasteiger partial charge in [-0.15, -0.1) is 6.58 Å². The summed E-state index contributed by atoms with van der Waals surface area (Å²) in [5.41, 5.74) is 0.881. The van der Waals surface area contributed by atoms with Gasteiger partial charge in [0.2, 0.25) is 0 Å². The van der Waals surface area contributed by atoms with Crippen LogP contribution in [0.1, 0.15) is 33.6 Å². The number of carbonyl (C=O) groups excluding carboxylic acids is 1. The average Bonchev–Trinajstić information content (AvgIpc) is 2.03. The van der Waals surface area contributed by atoms with Crippen LogP contribution in [-0.4, -0.2) is 5.78 Å². The zero-order valence-corrected chi connectivity index (χ0v) is 8.26. The summed E-state index contributed by atoms with van der Waals surface area (Å²) in [5.74, 6) is 0.670. The molecule has 0 heterocycles. The topological polar surface area (TPSA) is 17.1 Å². The van der Waals surface area contributed by atoms with Crippen LogP contribution in [0, 0.1) is 5.92 Å². The maximum atomic E-state index is 11.2. The van der Waals surface area contributed by atoms with E-state index < -0.39 is 0 Å². The van der Waals surface area contributed by atoms with Gasteiger partial charge in [-0.3, -0.25) is 4.79 Å². The third-order valence-corrected chi connectivity index (χ3v) is 1.83. The summed E-state index contributed by atoms with van der Waals surface area (Å²) < 4.78 is 0. The standard InChI is InChI=1S/C11H18O/c1-5-7-9(3)8-10(4)11(12)6-2/h5,8-9H,1,6-7H2,2-4H3. The first-order valence-electron chi connectivity index (χ1n) is 4.44. The second-order valence-corrected chi connectivity index (χ2v) is 3.13. The Morgan fingerprint density at radius 2 is 2.17 bits per heavy atom. The van der Waals surface area contributed by atoms with E-state index in [0.29, 0.717) is 12.3 Å². The van der Waals surface area contributed by atoms with Crippen molar-refractivity contribution in [2.24, 2.45) is 5.92 Å². The Hall–Kier alpha value is -0.850. The van der Waals surface area contributed by atoms with E-state index in [4.69, 9.17) is 0 Å². The molecule has 0 rings (SSSR count). The molecule has 0 aromatic heterocycles. The summed E-state index contributed by atoms with van der Waals surface area (Å²) in [5, 5.41) is 0. The van der Waals surface area contributed by atoms with Gasteiger partial charge < -0.3 is 0 Å². The zero-order valence-electron chi connectivity index (χ0n) is 8.26. The molecular formula is C11H18O. The van der Waals surface area contributed by atoms with Crippen molar-refractivity contribution in [1.82, 2.24) is 0 Å². The van der Waals surface area contributed by atoms with E-state index in [-0.39, 0.29) is 5.78 Å². The largest absolute Gasteiger partial charge is 0.295 e. The highest BCUT2D eigenvalue weighted by atomic mass is 16.1. The van der Waals surface area contributed by atoms with Crippen molar-refractivity contribution in [3.05, 3.63) is 24.3 Å². The molecule has 0 aliphatic heterocycles. The van der Waals surface area contributed by atoms with Crippen molar-refractivity contribution in [2.45, 2.75) is 33.6 Å². The lowest BCUT2D eigenvalue weighted by Gasteiger charge is -2.03. The number of hydrogen-bond donors (Lipinski definition) is 0. The van der Waals surface area contributed by atoms with Crippen LogP contribution in [0.15, 0.2) is 24.3 Å². The van der Waals surface area contributed by atoms with Gasteiger partial charge in [-0.1, -0.05) is 26.0 Å². The summed E-state index contributed by atoms with van der Waals surface area (Å²) in [7, 11) is 0. The average molecular weight is 166 g/mol. The lowest BCUT2D eigenvalue weighted by atomic mass is 10.0. The van der Waals surface area contributed by atoms with Crippen molar-refractivity contribution in [3.63, 3.8) is 0 Å². The van der Waals surface area contributed by atoms with Gasteiger partial charge in [-0.25, -0.2) is 0 Å². The Morgan fingerprint density at radius 3 is 2.58 bits per heavy atom. The van der Waals surface area contributed by atoms with Crippen molar-refractivity contribution in [2.75, 3.05) is 0 Å². The number of rotatable bonds is 5. The maximum absolute atomic E-state index is 11.2. The SMILES string of the molecule is C=CCC(C)C=C(C)C(=O)CC. The van der Waals surface area contributed by atoms with E-state index in [0.717, 1.165) is 12.0 Å². The second-order valence-electron chi connectivity index (χ2n) is 3.13. The molecule has 1 heteroatoms. The number of Topliss-reactive ketones (excluding diaryl/α,β-unsaturated/α-hetero) is 1. The fraction of sp³-hybridized carbons (Fsp3) is 0.545. The minimum absolute atomic E-state index is 0.242. The summed E-state index contributed by atoms with van der Waals surface area (Å²) >= 11 is 0. The highest BCUT2D eigenvalue weighted by Gasteiger charge is 2.02. The molecule has 0 bridgehead atoms. The fourth-order valence-electron chi connectivity index (χ4n) is 1.13. The van der Waals surface area contributed by atoms with Gasteiger partial charge in [0.25, 0.3) is 0 Å². The Kier molecular flexibility index (Phi) is 5.35. The van der Waals surface area contributed by atoms with Crippen LogP contribution in [0.5, 0.6) is 0 Å². The normalized spacial score (nSPS) is 14.1. The smallest absolute Gasteiger partial charge is 0.157 e. The zero-order chi connectivity index (χ0) is 9.56. The first kappa shape index (κ1) is 11.2. The van der Waals surface area contributed by atoms with Crippen molar-refractivity contribution >= 4 is 5.78 Å². The van der Waals surface area contributed by atoms with Gasteiger partial charge in [0, 0.05) is 6.42 Å². The van der Waals surface area contributed by atoms with Crippen LogP contribution in [0.4, 0.5) is 0 Å². The molecule has 1 nitrogen and oxygen atoms in total. The Labute approximate surface area is 75.2 Å². The summed E-state index contributed by atoms with van der Waals surface area (Å²) in [4.78, 5) is 11.2. The second kappa shape index (κ2) is 5.76. The van der Waals surface area contributed by atoms with Crippen molar-refractivity contribution in [1.29, 1.82) is 0 Å². The molecule has 1 atom stereocenters. The van der Waals surface area contributed by atoms with E-state index in [1.54, 1.807) is 0 Å². The van der Waals surface area contributed by atoms with Gasteiger partial charge in [-0.2, -0.15) is 0 Å². The predicted molar refractivity (Wildman–Crippen MR) is 53.0 cm³/mol. The Bertz CT molecular complexity index is 189. The molecule has 0 saturated carbocycles. The van der Waals surface area contributed by atoms with Gasteiger partial charge in [0.15, 0.2) is 5.78 Å². The fourth-order valence-corrected chi connectivity index (χ4v) is 1.13. The minimum atomic E-state index is 0.242.